The first-order valence-corrected chi connectivity index (χ1v) is 7.83. The van der Waals surface area contributed by atoms with E-state index in [9.17, 15) is 46.0 Å². The first-order valence-electron chi connectivity index (χ1n) is 7.45. The number of hydrogen-bond acceptors (Lipinski definition) is 5. The highest BCUT2D eigenvalue weighted by molar-refractivity contribution is 6.32. The summed E-state index contributed by atoms with van der Waals surface area (Å²) in [4.78, 5) is 32.7. The minimum Gasteiger partial charge on any atom is -0.456 e. The van der Waals surface area contributed by atoms with Crippen molar-refractivity contribution >= 4 is 29.1 Å². The fourth-order valence-corrected chi connectivity index (χ4v) is 2.27. The van der Waals surface area contributed by atoms with Crippen molar-refractivity contribution in [3.05, 3.63) is 62.7 Å². The van der Waals surface area contributed by atoms with Crippen molar-refractivity contribution in [2.45, 2.75) is 12.4 Å². The summed E-state index contributed by atoms with van der Waals surface area (Å²) in [7, 11) is 0. The fraction of sp³-hybridized carbons (Fsp3) is 0.125. The molecular formula is C16H7ClF6N2O5. The monoisotopic (exact) mass is 456 g/mol. The molecule has 7 nitrogen and oxygen atoms in total. The van der Waals surface area contributed by atoms with Crippen LogP contribution in [0.4, 0.5) is 32.0 Å². The van der Waals surface area contributed by atoms with Crippen LogP contribution in [0.15, 0.2) is 36.4 Å². The molecule has 0 fully saturated rings. The van der Waals surface area contributed by atoms with Crippen LogP contribution in [0.2, 0.25) is 5.02 Å². The number of rotatable bonds is 4. The Hall–Kier alpha value is -3.35. The lowest BCUT2D eigenvalue weighted by Crippen LogP contribution is -2.40. The van der Waals surface area contributed by atoms with Crippen LogP contribution in [0.25, 0.3) is 0 Å². The first kappa shape index (κ1) is 22.9. The highest BCUT2D eigenvalue weighted by atomic mass is 35.5. The van der Waals surface area contributed by atoms with Crippen LogP contribution in [-0.2, 0) is 11.0 Å². The van der Waals surface area contributed by atoms with Crippen molar-refractivity contribution in [2.24, 2.45) is 0 Å². The molecule has 0 unspecified atom stereocenters. The van der Waals surface area contributed by atoms with E-state index in [4.69, 9.17) is 16.3 Å². The molecule has 0 aliphatic rings. The maximum absolute atomic E-state index is 12.7. The van der Waals surface area contributed by atoms with Gasteiger partial charge in [-0.2, -0.15) is 26.3 Å². The Kier molecular flexibility index (Phi) is 6.25. The molecule has 0 aromatic heterocycles. The Labute approximate surface area is 167 Å². The zero-order chi connectivity index (χ0) is 22.9. The van der Waals surface area contributed by atoms with Gasteiger partial charge in [0.05, 0.1) is 15.5 Å². The second-order valence-corrected chi connectivity index (χ2v) is 5.87. The number of carbonyl (C=O) groups is 2. The third-order valence-corrected chi connectivity index (χ3v) is 3.68. The smallest absolute Gasteiger partial charge is 0.456 e. The zero-order valence-corrected chi connectivity index (χ0v) is 14.9. The number of ether oxygens (including phenoxy) is 1. The molecule has 0 heterocycles. The molecule has 2 aromatic carbocycles. The Morgan fingerprint density at radius 3 is 2.17 bits per heavy atom. The van der Waals surface area contributed by atoms with Gasteiger partial charge >= 0.3 is 18.3 Å². The number of nitro benzene ring substituents is 1. The van der Waals surface area contributed by atoms with Crippen molar-refractivity contribution in [3.8, 4) is 11.5 Å². The Morgan fingerprint density at radius 2 is 1.67 bits per heavy atom. The van der Waals surface area contributed by atoms with Crippen LogP contribution < -0.4 is 10.1 Å². The van der Waals surface area contributed by atoms with Gasteiger partial charge < -0.3 is 4.74 Å². The number of nitrogens with one attached hydrogen (secondary N) is 1. The van der Waals surface area contributed by atoms with E-state index >= 15 is 0 Å². The lowest BCUT2D eigenvalue weighted by Gasteiger charge is -2.12. The van der Waals surface area contributed by atoms with E-state index in [1.807, 2.05) is 0 Å². The van der Waals surface area contributed by atoms with Crippen LogP contribution in [0.3, 0.4) is 0 Å². The van der Waals surface area contributed by atoms with Gasteiger partial charge in [-0.15, -0.1) is 0 Å². The van der Waals surface area contributed by atoms with E-state index in [1.54, 1.807) is 0 Å². The standard InChI is InChI=1S/C16H7ClF6N2O5/c17-10-5-7(15(18,19)20)1-4-12(10)30-8-2-3-11(25(28)29)9(6-8)13(26)24-14(27)16(21,22)23/h1-6H,(H,24,26,27). The molecule has 2 amide bonds. The minimum atomic E-state index is -5.42. The SMILES string of the molecule is O=C(NC(=O)C(F)(F)F)c1cc(Oc2ccc(C(F)(F)F)cc2Cl)ccc1[N+](=O)[O-]. The zero-order valence-electron chi connectivity index (χ0n) is 14.1. The largest absolute Gasteiger partial charge is 0.471 e. The number of amides is 2. The summed E-state index contributed by atoms with van der Waals surface area (Å²) in [6, 6.07) is 4.25. The van der Waals surface area contributed by atoms with E-state index in [1.165, 1.54) is 0 Å². The molecule has 30 heavy (non-hydrogen) atoms. The van der Waals surface area contributed by atoms with Crippen LogP contribution >= 0.6 is 11.6 Å². The van der Waals surface area contributed by atoms with Crippen LogP contribution in [0, 0.1) is 10.1 Å². The van der Waals surface area contributed by atoms with Gasteiger partial charge in [0.15, 0.2) is 0 Å². The van der Waals surface area contributed by atoms with Crippen LogP contribution in [0.5, 0.6) is 11.5 Å². The number of imide groups is 1. The molecule has 0 radical (unpaired) electrons. The Bertz CT molecular complexity index is 1020. The molecule has 0 atom stereocenters. The highest BCUT2D eigenvalue weighted by Crippen LogP contribution is 2.37. The van der Waals surface area contributed by atoms with Gasteiger partial charge in [-0.05, 0) is 24.3 Å². The minimum absolute atomic E-state index is 0.337. The number of carbonyl (C=O) groups excluding carboxylic acids is 2. The van der Waals surface area contributed by atoms with Gasteiger partial charge in [-0.25, -0.2) is 0 Å². The van der Waals surface area contributed by atoms with Crippen LogP contribution in [-0.4, -0.2) is 22.9 Å². The van der Waals surface area contributed by atoms with Crippen LogP contribution in [0.1, 0.15) is 15.9 Å². The lowest BCUT2D eigenvalue weighted by molar-refractivity contribution is -0.385. The average molecular weight is 457 g/mol. The van der Waals surface area contributed by atoms with Gasteiger partial charge in [0.25, 0.3) is 11.6 Å². The lowest BCUT2D eigenvalue weighted by atomic mass is 10.1. The molecule has 2 rings (SSSR count). The number of alkyl halides is 6. The summed E-state index contributed by atoms with van der Waals surface area (Å²) in [5.74, 6) is -5.12. The van der Waals surface area contributed by atoms with E-state index in [0.717, 1.165) is 17.4 Å². The first-order chi connectivity index (χ1) is 13.7. The molecule has 160 valence electrons. The maximum Gasteiger partial charge on any atom is 0.471 e. The van der Waals surface area contributed by atoms with Crippen molar-refractivity contribution in [1.82, 2.24) is 5.32 Å². The molecule has 0 saturated carbocycles. The molecule has 0 aliphatic carbocycles. The molecule has 1 N–H and O–H groups in total. The van der Waals surface area contributed by atoms with E-state index < -0.39 is 50.9 Å². The summed E-state index contributed by atoms with van der Waals surface area (Å²) in [5, 5.41) is 11.5. The summed E-state index contributed by atoms with van der Waals surface area (Å²) >= 11 is 5.71. The predicted octanol–water partition coefficient (Wildman–Crippen LogP) is 4.88. The summed E-state index contributed by atoms with van der Waals surface area (Å²) in [5.41, 5.74) is -3.00. The van der Waals surface area contributed by atoms with Crippen molar-refractivity contribution in [3.63, 3.8) is 0 Å². The molecule has 2 aromatic rings. The number of nitro groups is 1. The molecule has 14 heteroatoms. The van der Waals surface area contributed by atoms with E-state index in [2.05, 4.69) is 0 Å². The van der Waals surface area contributed by atoms with Crippen molar-refractivity contribution in [1.29, 1.82) is 0 Å². The molecule has 0 aliphatic heterocycles. The maximum atomic E-state index is 12.7. The summed E-state index contributed by atoms with van der Waals surface area (Å²) in [6.07, 6.45) is -10.1. The van der Waals surface area contributed by atoms with Crippen molar-refractivity contribution < 1.29 is 45.6 Å². The topological polar surface area (TPSA) is 98.5 Å². The van der Waals surface area contributed by atoms with E-state index in [-0.39, 0.29) is 11.5 Å². The Balaban J connectivity index is 2.37. The quantitative estimate of drug-likeness (QED) is 0.402. The summed E-state index contributed by atoms with van der Waals surface area (Å²) < 4.78 is 80.0. The number of nitrogens with zero attached hydrogens (tertiary/aromatic N) is 1. The predicted molar refractivity (Wildman–Crippen MR) is 88.2 cm³/mol. The number of benzene rings is 2. The van der Waals surface area contributed by atoms with Gasteiger partial charge in [0.1, 0.15) is 17.1 Å². The molecule has 0 bridgehead atoms. The highest BCUT2D eigenvalue weighted by Gasteiger charge is 2.40. The van der Waals surface area contributed by atoms with Crippen molar-refractivity contribution in [2.75, 3.05) is 0 Å². The fourth-order valence-electron chi connectivity index (χ4n) is 2.05. The Morgan fingerprint density at radius 1 is 1.03 bits per heavy atom. The molecule has 0 spiro atoms. The average Bonchev–Trinajstić information content (AvgIpc) is 2.61. The van der Waals surface area contributed by atoms with E-state index in [0.29, 0.717) is 24.3 Å². The van der Waals surface area contributed by atoms with Gasteiger partial charge in [-0.3, -0.25) is 25.0 Å². The third kappa shape index (κ3) is 5.37. The van der Waals surface area contributed by atoms with Gasteiger partial charge in [0.2, 0.25) is 0 Å². The summed E-state index contributed by atoms with van der Waals surface area (Å²) in [6.45, 7) is 0. The van der Waals surface area contributed by atoms with Gasteiger partial charge in [-0.1, -0.05) is 11.6 Å². The second kappa shape index (κ2) is 8.18. The molecule has 0 saturated heterocycles. The number of halogens is 7. The third-order valence-electron chi connectivity index (χ3n) is 3.38. The second-order valence-electron chi connectivity index (χ2n) is 5.46. The molecular weight excluding hydrogens is 450 g/mol. The normalized spacial score (nSPS) is 11.7. The van der Waals surface area contributed by atoms with Gasteiger partial charge in [0, 0.05) is 12.1 Å². The number of hydrogen-bond donors (Lipinski definition) is 1.